The van der Waals surface area contributed by atoms with Crippen LogP contribution in [0.2, 0.25) is 0 Å². The third-order valence-corrected chi connectivity index (χ3v) is 5.16. The Labute approximate surface area is 145 Å². The average Bonchev–Trinajstić information content (AvgIpc) is 2.88. The molecule has 24 heavy (non-hydrogen) atoms. The van der Waals surface area contributed by atoms with E-state index in [9.17, 15) is 14.4 Å². The van der Waals surface area contributed by atoms with Gasteiger partial charge >= 0.3 is 11.7 Å². The molecule has 0 unspecified atom stereocenters. The summed E-state index contributed by atoms with van der Waals surface area (Å²) in [6.07, 6.45) is 5.14. The standard InChI is InChI=1S/C15H25N5O3S/c1-3-8-20-14(23)18-19-15(20)24-9-12(21)17-13(22)16-11-7-5-4-6-10(11)2/h10-11H,3-9H2,1-2H3,(H,18,23)(H2,16,17,21,22)/t10-,11-/m0/s1. The molecule has 0 bridgehead atoms. The molecule has 2 atom stereocenters. The molecule has 0 aromatic carbocycles. The van der Waals surface area contributed by atoms with Crippen LogP contribution in [0.3, 0.4) is 0 Å². The van der Waals surface area contributed by atoms with Gasteiger partial charge in [-0.05, 0) is 25.2 Å². The molecule has 1 fully saturated rings. The summed E-state index contributed by atoms with van der Waals surface area (Å²) in [4.78, 5) is 35.4. The lowest BCUT2D eigenvalue weighted by Gasteiger charge is -2.29. The first-order chi connectivity index (χ1) is 11.5. The highest BCUT2D eigenvalue weighted by Crippen LogP contribution is 2.23. The number of H-pyrrole nitrogens is 1. The first-order valence-corrected chi connectivity index (χ1v) is 9.38. The molecule has 3 amide bonds. The molecular formula is C15H25N5O3S. The molecule has 1 heterocycles. The van der Waals surface area contributed by atoms with Crippen molar-refractivity contribution >= 4 is 23.7 Å². The van der Waals surface area contributed by atoms with Gasteiger partial charge in [-0.2, -0.15) is 0 Å². The number of rotatable bonds is 6. The van der Waals surface area contributed by atoms with E-state index in [2.05, 4.69) is 27.8 Å². The number of urea groups is 1. The van der Waals surface area contributed by atoms with Gasteiger partial charge in [-0.15, -0.1) is 5.10 Å². The number of hydrogen-bond acceptors (Lipinski definition) is 5. The van der Waals surface area contributed by atoms with Crippen LogP contribution in [-0.4, -0.2) is 38.5 Å². The van der Waals surface area contributed by atoms with Crippen molar-refractivity contribution in [2.45, 2.75) is 63.7 Å². The molecule has 0 saturated heterocycles. The smallest absolute Gasteiger partial charge is 0.335 e. The average molecular weight is 355 g/mol. The van der Waals surface area contributed by atoms with Crippen LogP contribution >= 0.6 is 11.8 Å². The molecule has 1 aromatic heterocycles. The fraction of sp³-hybridized carbons (Fsp3) is 0.733. The van der Waals surface area contributed by atoms with Gasteiger partial charge in [0.1, 0.15) is 0 Å². The number of carbonyl (C=O) groups is 2. The van der Waals surface area contributed by atoms with Crippen LogP contribution in [0.25, 0.3) is 0 Å². The van der Waals surface area contributed by atoms with Gasteiger partial charge in [0.05, 0.1) is 5.75 Å². The summed E-state index contributed by atoms with van der Waals surface area (Å²) >= 11 is 1.13. The van der Waals surface area contributed by atoms with Crippen LogP contribution in [-0.2, 0) is 11.3 Å². The Morgan fingerprint density at radius 1 is 1.38 bits per heavy atom. The second-order valence-electron chi connectivity index (χ2n) is 6.14. The normalized spacial score (nSPS) is 20.6. The van der Waals surface area contributed by atoms with Crippen LogP contribution in [0.1, 0.15) is 46.0 Å². The molecule has 134 valence electrons. The Morgan fingerprint density at radius 2 is 2.12 bits per heavy atom. The first-order valence-electron chi connectivity index (χ1n) is 8.39. The quantitative estimate of drug-likeness (QED) is 0.670. The van der Waals surface area contributed by atoms with Crippen LogP contribution in [0, 0.1) is 5.92 Å². The van der Waals surface area contributed by atoms with Crippen molar-refractivity contribution in [3.63, 3.8) is 0 Å². The van der Waals surface area contributed by atoms with Crippen molar-refractivity contribution < 1.29 is 9.59 Å². The van der Waals surface area contributed by atoms with E-state index >= 15 is 0 Å². The fourth-order valence-electron chi connectivity index (χ4n) is 2.86. The third-order valence-electron chi connectivity index (χ3n) is 4.18. The van der Waals surface area contributed by atoms with E-state index in [4.69, 9.17) is 0 Å². The van der Waals surface area contributed by atoms with Crippen molar-refractivity contribution in [3.05, 3.63) is 10.5 Å². The monoisotopic (exact) mass is 355 g/mol. The molecule has 1 aromatic rings. The van der Waals surface area contributed by atoms with E-state index in [1.807, 2.05) is 6.92 Å². The van der Waals surface area contributed by atoms with E-state index in [-0.39, 0.29) is 17.5 Å². The predicted molar refractivity (Wildman–Crippen MR) is 92.0 cm³/mol. The summed E-state index contributed by atoms with van der Waals surface area (Å²) in [5, 5.41) is 11.9. The van der Waals surface area contributed by atoms with Gasteiger partial charge in [0, 0.05) is 12.6 Å². The Kier molecular flexibility index (Phi) is 6.89. The van der Waals surface area contributed by atoms with Crippen molar-refractivity contribution in [3.8, 4) is 0 Å². The van der Waals surface area contributed by atoms with Crippen molar-refractivity contribution in [1.29, 1.82) is 0 Å². The van der Waals surface area contributed by atoms with Crippen molar-refractivity contribution in [2.75, 3.05) is 5.75 Å². The van der Waals surface area contributed by atoms with Crippen molar-refractivity contribution in [2.24, 2.45) is 5.92 Å². The van der Waals surface area contributed by atoms with E-state index in [1.165, 1.54) is 11.0 Å². The van der Waals surface area contributed by atoms with E-state index in [0.29, 0.717) is 17.6 Å². The topological polar surface area (TPSA) is 109 Å². The summed E-state index contributed by atoms with van der Waals surface area (Å²) < 4.78 is 1.49. The van der Waals surface area contributed by atoms with Gasteiger partial charge in [-0.3, -0.25) is 14.7 Å². The molecule has 0 radical (unpaired) electrons. The minimum atomic E-state index is -0.452. The highest BCUT2D eigenvalue weighted by Gasteiger charge is 2.23. The lowest BCUT2D eigenvalue weighted by molar-refractivity contribution is -0.117. The predicted octanol–water partition coefficient (Wildman–Crippen LogP) is 1.48. The van der Waals surface area contributed by atoms with Gasteiger partial charge < -0.3 is 5.32 Å². The number of thioether (sulfide) groups is 1. The number of hydrogen-bond donors (Lipinski definition) is 3. The highest BCUT2D eigenvalue weighted by molar-refractivity contribution is 7.99. The zero-order valence-corrected chi connectivity index (χ0v) is 14.9. The molecule has 0 aliphatic heterocycles. The molecule has 2 rings (SSSR count). The molecule has 9 heteroatoms. The van der Waals surface area contributed by atoms with Crippen LogP contribution in [0.4, 0.5) is 4.79 Å². The number of amides is 3. The second kappa shape index (κ2) is 8.91. The molecule has 8 nitrogen and oxygen atoms in total. The molecule has 1 saturated carbocycles. The molecular weight excluding hydrogens is 330 g/mol. The summed E-state index contributed by atoms with van der Waals surface area (Å²) in [5.74, 6) is 0.0581. The Morgan fingerprint density at radius 3 is 2.83 bits per heavy atom. The van der Waals surface area contributed by atoms with Crippen molar-refractivity contribution in [1.82, 2.24) is 25.4 Å². The molecule has 0 spiro atoms. The third kappa shape index (κ3) is 5.12. The minimum Gasteiger partial charge on any atom is -0.335 e. The van der Waals surface area contributed by atoms with Gasteiger partial charge in [-0.25, -0.2) is 14.7 Å². The number of nitrogens with one attached hydrogen (secondary N) is 3. The molecule has 3 N–H and O–H groups in total. The lowest BCUT2D eigenvalue weighted by Crippen LogP contribution is -2.48. The maximum absolute atomic E-state index is 11.9. The maximum atomic E-state index is 11.9. The van der Waals surface area contributed by atoms with Gasteiger partial charge in [0.25, 0.3) is 0 Å². The van der Waals surface area contributed by atoms with Crippen LogP contribution < -0.4 is 16.3 Å². The van der Waals surface area contributed by atoms with Gasteiger partial charge in [-0.1, -0.05) is 38.5 Å². The molecule has 1 aliphatic rings. The zero-order chi connectivity index (χ0) is 17.5. The van der Waals surface area contributed by atoms with E-state index in [1.54, 1.807) is 0 Å². The lowest BCUT2D eigenvalue weighted by atomic mass is 9.86. The first kappa shape index (κ1) is 18.6. The summed E-state index contributed by atoms with van der Waals surface area (Å²) in [5.41, 5.74) is -0.288. The highest BCUT2D eigenvalue weighted by atomic mass is 32.2. The minimum absolute atomic E-state index is 0.0294. The van der Waals surface area contributed by atoms with Gasteiger partial charge in [0.2, 0.25) is 5.91 Å². The SMILES string of the molecule is CCCn1c(SCC(=O)NC(=O)N[C@H]2CCCC[C@@H]2C)n[nH]c1=O. The Hall–Kier alpha value is -1.77. The summed E-state index contributed by atoms with van der Waals surface area (Å²) in [6, 6.07) is -0.326. The number of aromatic nitrogens is 3. The second-order valence-corrected chi connectivity index (χ2v) is 7.08. The van der Waals surface area contributed by atoms with Crippen LogP contribution in [0.5, 0.6) is 0 Å². The molecule has 1 aliphatic carbocycles. The number of aromatic amines is 1. The number of imide groups is 1. The fourth-order valence-corrected chi connectivity index (χ4v) is 3.63. The van der Waals surface area contributed by atoms with Crippen LogP contribution in [0.15, 0.2) is 9.95 Å². The Balaban J connectivity index is 1.78. The zero-order valence-electron chi connectivity index (χ0n) is 14.1. The largest absolute Gasteiger partial charge is 0.343 e. The van der Waals surface area contributed by atoms with Gasteiger partial charge in [0.15, 0.2) is 5.16 Å². The summed E-state index contributed by atoms with van der Waals surface area (Å²) in [6.45, 7) is 4.61. The maximum Gasteiger partial charge on any atom is 0.343 e. The van der Waals surface area contributed by atoms with E-state index < -0.39 is 11.9 Å². The number of nitrogens with zero attached hydrogens (tertiary/aromatic N) is 2. The van der Waals surface area contributed by atoms with E-state index in [0.717, 1.165) is 37.4 Å². The Bertz CT molecular complexity index is 627. The number of carbonyl (C=O) groups excluding carboxylic acids is 2. The summed E-state index contributed by atoms with van der Waals surface area (Å²) in [7, 11) is 0.